The Bertz CT molecular complexity index is 85.3. The first-order valence-corrected chi connectivity index (χ1v) is 4.19. The number of hydrogen-bond donors (Lipinski definition) is 2. The Labute approximate surface area is 62.4 Å². The fraction of sp³-hybridized carbons (Fsp3) is 1.00. The largest absolute Gasteiger partial charge is 0.396 e. The molecule has 1 saturated carbocycles. The first kappa shape index (κ1) is 8.02. The van der Waals surface area contributed by atoms with Crippen LogP contribution >= 0.6 is 0 Å². The zero-order chi connectivity index (χ0) is 7.40. The van der Waals surface area contributed by atoms with E-state index in [9.17, 15) is 0 Å². The molecule has 0 aromatic carbocycles. The number of rotatable bonds is 3. The van der Waals surface area contributed by atoms with E-state index >= 15 is 0 Å². The molecule has 0 heterocycles. The predicted octanol–water partition coefficient (Wildman–Crippen LogP) is 0.744. The maximum atomic E-state index is 8.91. The smallest absolute Gasteiger partial charge is 0.0473 e. The summed E-state index contributed by atoms with van der Waals surface area (Å²) in [5.74, 6) is 1.09. The summed E-state index contributed by atoms with van der Waals surface area (Å²) in [6.45, 7) is 0.933. The van der Waals surface area contributed by atoms with Crippen molar-refractivity contribution in [2.24, 2.45) is 17.6 Å². The highest BCUT2D eigenvalue weighted by molar-refractivity contribution is 4.75. The molecule has 1 aliphatic carbocycles. The zero-order valence-electron chi connectivity index (χ0n) is 6.42. The van der Waals surface area contributed by atoms with Gasteiger partial charge in [0.2, 0.25) is 0 Å². The van der Waals surface area contributed by atoms with Crippen molar-refractivity contribution in [3.05, 3.63) is 0 Å². The van der Waals surface area contributed by atoms with Crippen LogP contribution in [0.2, 0.25) is 0 Å². The average Bonchev–Trinajstić information content (AvgIpc) is 2.43. The van der Waals surface area contributed by atoms with Crippen LogP contribution in [0.1, 0.15) is 25.7 Å². The average molecular weight is 143 g/mol. The second kappa shape index (κ2) is 3.94. The van der Waals surface area contributed by atoms with Gasteiger partial charge in [0, 0.05) is 6.61 Å². The van der Waals surface area contributed by atoms with E-state index in [1.54, 1.807) is 0 Å². The van der Waals surface area contributed by atoms with Crippen molar-refractivity contribution < 1.29 is 5.11 Å². The second-order valence-electron chi connectivity index (χ2n) is 3.22. The van der Waals surface area contributed by atoms with E-state index in [0.29, 0.717) is 12.5 Å². The Morgan fingerprint density at radius 2 is 2.00 bits per heavy atom. The van der Waals surface area contributed by atoms with Gasteiger partial charge in [-0.3, -0.25) is 0 Å². The molecule has 10 heavy (non-hydrogen) atoms. The van der Waals surface area contributed by atoms with Crippen molar-refractivity contribution in [1.29, 1.82) is 0 Å². The van der Waals surface area contributed by atoms with Gasteiger partial charge in [0.25, 0.3) is 0 Å². The Morgan fingerprint density at radius 1 is 1.40 bits per heavy atom. The lowest BCUT2D eigenvalue weighted by Crippen LogP contribution is -2.24. The number of hydrogen-bond acceptors (Lipinski definition) is 2. The minimum atomic E-state index is 0.279. The van der Waals surface area contributed by atoms with Crippen LogP contribution in [0.25, 0.3) is 0 Å². The van der Waals surface area contributed by atoms with Crippen molar-refractivity contribution in [3.63, 3.8) is 0 Å². The van der Waals surface area contributed by atoms with Crippen LogP contribution in [0.5, 0.6) is 0 Å². The molecule has 0 radical (unpaired) electrons. The van der Waals surface area contributed by atoms with Gasteiger partial charge >= 0.3 is 0 Å². The number of nitrogens with two attached hydrogens (primary N) is 1. The van der Waals surface area contributed by atoms with Gasteiger partial charge in [0.05, 0.1) is 0 Å². The van der Waals surface area contributed by atoms with Crippen molar-refractivity contribution >= 4 is 0 Å². The molecule has 0 aromatic heterocycles. The Hall–Kier alpha value is -0.0800. The number of aliphatic hydroxyl groups is 1. The summed E-state index contributed by atoms with van der Waals surface area (Å²) in [5.41, 5.74) is 5.50. The molecule has 1 rings (SSSR count). The summed E-state index contributed by atoms with van der Waals surface area (Å²) in [4.78, 5) is 0. The van der Waals surface area contributed by atoms with Crippen LogP contribution in [0.15, 0.2) is 0 Å². The van der Waals surface area contributed by atoms with Gasteiger partial charge in [-0.2, -0.15) is 0 Å². The third kappa shape index (κ3) is 1.70. The van der Waals surface area contributed by atoms with E-state index in [4.69, 9.17) is 10.8 Å². The van der Waals surface area contributed by atoms with E-state index in [1.165, 1.54) is 25.7 Å². The Kier molecular flexibility index (Phi) is 3.16. The van der Waals surface area contributed by atoms with Gasteiger partial charge in [-0.05, 0) is 18.4 Å². The van der Waals surface area contributed by atoms with Crippen LogP contribution in [0.4, 0.5) is 0 Å². The van der Waals surface area contributed by atoms with Gasteiger partial charge in [-0.15, -0.1) is 0 Å². The van der Waals surface area contributed by atoms with Crippen LogP contribution in [-0.2, 0) is 0 Å². The summed E-state index contributed by atoms with van der Waals surface area (Å²) in [6, 6.07) is 0. The minimum Gasteiger partial charge on any atom is -0.396 e. The van der Waals surface area contributed by atoms with E-state index in [-0.39, 0.29) is 6.61 Å². The summed E-state index contributed by atoms with van der Waals surface area (Å²) < 4.78 is 0. The summed E-state index contributed by atoms with van der Waals surface area (Å²) in [7, 11) is 0. The summed E-state index contributed by atoms with van der Waals surface area (Å²) in [5, 5.41) is 8.91. The maximum absolute atomic E-state index is 8.91. The van der Waals surface area contributed by atoms with Crippen molar-refractivity contribution in [2.45, 2.75) is 25.7 Å². The first-order chi connectivity index (χ1) is 4.88. The van der Waals surface area contributed by atoms with Crippen LogP contribution in [0.3, 0.4) is 0 Å². The van der Waals surface area contributed by atoms with Crippen LogP contribution in [0, 0.1) is 11.8 Å². The molecule has 0 bridgehead atoms. The SMILES string of the molecule is NC[C@H](CO)C1CCCC1. The molecule has 0 spiro atoms. The molecular formula is C8H17NO. The quantitative estimate of drug-likeness (QED) is 0.612. The van der Waals surface area contributed by atoms with E-state index < -0.39 is 0 Å². The molecule has 2 heteroatoms. The first-order valence-electron chi connectivity index (χ1n) is 4.19. The predicted molar refractivity (Wildman–Crippen MR) is 41.6 cm³/mol. The van der Waals surface area contributed by atoms with Crippen LogP contribution in [-0.4, -0.2) is 18.3 Å². The molecule has 2 nitrogen and oxygen atoms in total. The Morgan fingerprint density at radius 3 is 2.40 bits per heavy atom. The van der Waals surface area contributed by atoms with Crippen molar-refractivity contribution in [2.75, 3.05) is 13.2 Å². The van der Waals surface area contributed by atoms with Gasteiger partial charge in [-0.1, -0.05) is 25.7 Å². The molecule has 1 atom stereocenters. The lowest BCUT2D eigenvalue weighted by molar-refractivity contribution is 0.181. The van der Waals surface area contributed by atoms with Gasteiger partial charge in [0.1, 0.15) is 0 Å². The minimum absolute atomic E-state index is 0.279. The lowest BCUT2D eigenvalue weighted by atomic mass is 9.92. The molecule has 0 aliphatic heterocycles. The standard InChI is InChI=1S/C8H17NO/c9-5-8(6-10)7-3-1-2-4-7/h7-8,10H,1-6,9H2/t8-/m1/s1. The second-order valence-corrected chi connectivity index (χ2v) is 3.22. The van der Waals surface area contributed by atoms with Gasteiger partial charge in [-0.25, -0.2) is 0 Å². The summed E-state index contributed by atoms with van der Waals surface area (Å²) >= 11 is 0. The topological polar surface area (TPSA) is 46.2 Å². The van der Waals surface area contributed by atoms with E-state index in [2.05, 4.69) is 0 Å². The number of aliphatic hydroxyl groups excluding tert-OH is 1. The summed E-state index contributed by atoms with van der Waals surface area (Å²) in [6.07, 6.45) is 5.23. The highest BCUT2D eigenvalue weighted by Crippen LogP contribution is 2.30. The van der Waals surface area contributed by atoms with Gasteiger partial charge < -0.3 is 10.8 Å². The normalized spacial score (nSPS) is 23.4. The molecule has 0 aromatic rings. The third-order valence-corrected chi connectivity index (χ3v) is 2.60. The van der Waals surface area contributed by atoms with Crippen molar-refractivity contribution in [1.82, 2.24) is 0 Å². The van der Waals surface area contributed by atoms with Crippen molar-refractivity contribution in [3.8, 4) is 0 Å². The van der Waals surface area contributed by atoms with Gasteiger partial charge in [0.15, 0.2) is 0 Å². The van der Waals surface area contributed by atoms with E-state index in [0.717, 1.165) is 5.92 Å². The highest BCUT2D eigenvalue weighted by Gasteiger charge is 2.22. The fourth-order valence-electron chi connectivity index (χ4n) is 1.84. The highest BCUT2D eigenvalue weighted by atomic mass is 16.3. The maximum Gasteiger partial charge on any atom is 0.0473 e. The van der Waals surface area contributed by atoms with Crippen LogP contribution < -0.4 is 5.73 Å². The zero-order valence-corrected chi connectivity index (χ0v) is 6.42. The third-order valence-electron chi connectivity index (χ3n) is 2.60. The molecule has 0 saturated heterocycles. The monoisotopic (exact) mass is 143 g/mol. The van der Waals surface area contributed by atoms with E-state index in [1.807, 2.05) is 0 Å². The molecular weight excluding hydrogens is 126 g/mol. The fourth-order valence-corrected chi connectivity index (χ4v) is 1.84. The molecule has 0 amide bonds. The lowest BCUT2D eigenvalue weighted by Gasteiger charge is -2.18. The Balaban J connectivity index is 2.29. The molecule has 3 N–H and O–H groups in total. The molecule has 0 unspecified atom stereocenters. The molecule has 1 aliphatic rings. The molecule has 1 fully saturated rings. The molecule has 60 valence electrons.